The molecule has 0 aromatic rings. The van der Waals surface area contributed by atoms with Crippen LogP contribution < -0.4 is 0 Å². The van der Waals surface area contributed by atoms with Crippen molar-refractivity contribution in [1.82, 2.24) is 0 Å². The molecular formula is C11H20O2. The molecule has 0 aromatic carbocycles. The molecule has 0 rings (SSSR count). The van der Waals surface area contributed by atoms with Crippen LogP contribution in [0, 0.1) is 11.3 Å². The second-order valence-corrected chi connectivity index (χ2v) is 4.63. The van der Waals surface area contributed by atoms with E-state index in [1.807, 2.05) is 27.7 Å². The van der Waals surface area contributed by atoms with Crippen molar-refractivity contribution in [1.29, 1.82) is 0 Å². The summed E-state index contributed by atoms with van der Waals surface area (Å²) in [5.74, 6) is -0.346. The van der Waals surface area contributed by atoms with E-state index >= 15 is 0 Å². The van der Waals surface area contributed by atoms with Crippen molar-refractivity contribution in [2.45, 2.75) is 47.5 Å². The summed E-state index contributed by atoms with van der Waals surface area (Å²) >= 11 is 0. The molecule has 0 saturated carbocycles. The Hall–Kier alpha value is -0.660. The Morgan fingerprint density at radius 2 is 1.69 bits per heavy atom. The van der Waals surface area contributed by atoms with Gasteiger partial charge in [-0.3, -0.25) is 9.59 Å². The van der Waals surface area contributed by atoms with Gasteiger partial charge in [0.2, 0.25) is 0 Å². The van der Waals surface area contributed by atoms with Gasteiger partial charge in [-0.1, -0.05) is 27.7 Å². The molecule has 0 amide bonds. The van der Waals surface area contributed by atoms with Crippen molar-refractivity contribution in [3.63, 3.8) is 0 Å². The first-order valence-corrected chi connectivity index (χ1v) is 4.83. The smallest absolute Gasteiger partial charge is 0.143 e. The van der Waals surface area contributed by atoms with Gasteiger partial charge in [-0.15, -0.1) is 0 Å². The first-order valence-electron chi connectivity index (χ1n) is 4.83. The van der Waals surface area contributed by atoms with E-state index in [1.165, 1.54) is 6.92 Å². The molecule has 0 N–H and O–H groups in total. The number of carbonyl (C=O) groups excluding carboxylic acids is 2. The van der Waals surface area contributed by atoms with E-state index in [2.05, 4.69) is 0 Å². The third kappa shape index (κ3) is 3.71. The highest BCUT2D eigenvalue weighted by atomic mass is 16.1. The Morgan fingerprint density at radius 1 is 1.23 bits per heavy atom. The molecule has 0 radical (unpaired) electrons. The summed E-state index contributed by atoms with van der Waals surface area (Å²) in [5.41, 5.74) is -0.238. The first-order chi connectivity index (χ1) is 5.80. The quantitative estimate of drug-likeness (QED) is 0.629. The summed E-state index contributed by atoms with van der Waals surface area (Å²) in [5, 5.41) is 0. The lowest BCUT2D eigenvalue weighted by molar-refractivity contribution is -0.135. The number of ketones is 2. The van der Waals surface area contributed by atoms with Crippen molar-refractivity contribution in [3.05, 3.63) is 0 Å². The Labute approximate surface area is 80.7 Å². The Kier molecular flexibility index (Phi) is 4.31. The van der Waals surface area contributed by atoms with E-state index in [-0.39, 0.29) is 17.0 Å². The molecule has 2 heteroatoms. The zero-order valence-corrected chi connectivity index (χ0v) is 9.31. The number of carbonyl (C=O) groups is 2. The number of hydrogen-bond acceptors (Lipinski definition) is 2. The zero-order chi connectivity index (χ0) is 10.6. The van der Waals surface area contributed by atoms with Crippen LogP contribution in [0.3, 0.4) is 0 Å². The van der Waals surface area contributed by atoms with Gasteiger partial charge in [-0.25, -0.2) is 0 Å². The average Bonchev–Trinajstić information content (AvgIpc) is 1.82. The third-order valence-corrected chi connectivity index (χ3v) is 2.09. The molecule has 0 aromatic heterocycles. The SMILES string of the molecule is CCCC(=O)C(C(C)=O)C(C)(C)C. The van der Waals surface area contributed by atoms with E-state index in [0.29, 0.717) is 6.42 Å². The fourth-order valence-corrected chi connectivity index (χ4v) is 1.71. The van der Waals surface area contributed by atoms with Gasteiger partial charge in [0.15, 0.2) is 0 Å². The van der Waals surface area contributed by atoms with Gasteiger partial charge in [0.25, 0.3) is 0 Å². The Bertz CT molecular complexity index is 199. The predicted molar refractivity (Wildman–Crippen MR) is 53.5 cm³/mol. The van der Waals surface area contributed by atoms with Gasteiger partial charge in [0, 0.05) is 6.42 Å². The van der Waals surface area contributed by atoms with Crippen molar-refractivity contribution >= 4 is 11.6 Å². The van der Waals surface area contributed by atoms with Crippen LogP contribution in [0.25, 0.3) is 0 Å². The molecule has 0 saturated heterocycles. The lowest BCUT2D eigenvalue weighted by Gasteiger charge is -2.27. The van der Waals surface area contributed by atoms with Crippen LogP contribution in [-0.2, 0) is 9.59 Å². The first kappa shape index (κ1) is 12.3. The van der Waals surface area contributed by atoms with Gasteiger partial charge in [0.05, 0.1) is 5.92 Å². The summed E-state index contributed by atoms with van der Waals surface area (Å²) in [6, 6.07) is 0. The molecule has 0 fully saturated rings. The van der Waals surface area contributed by atoms with Gasteiger partial charge < -0.3 is 0 Å². The highest BCUT2D eigenvalue weighted by Gasteiger charge is 2.33. The highest BCUT2D eigenvalue weighted by Crippen LogP contribution is 2.28. The minimum atomic E-state index is -0.424. The monoisotopic (exact) mass is 184 g/mol. The summed E-state index contributed by atoms with van der Waals surface area (Å²) < 4.78 is 0. The van der Waals surface area contributed by atoms with Crippen LogP contribution in [0.1, 0.15) is 47.5 Å². The minimum Gasteiger partial charge on any atom is -0.299 e. The molecule has 0 heterocycles. The van der Waals surface area contributed by atoms with E-state index in [4.69, 9.17) is 0 Å². The largest absolute Gasteiger partial charge is 0.299 e. The maximum absolute atomic E-state index is 11.6. The average molecular weight is 184 g/mol. The zero-order valence-electron chi connectivity index (χ0n) is 9.31. The second-order valence-electron chi connectivity index (χ2n) is 4.63. The maximum Gasteiger partial charge on any atom is 0.143 e. The standard InChI is InChI=1S/C11H20O2/c1-6-7-9(13)10(8(2)12)11(3,4)5/h10H,6-7H2,1-5H3. The van der Waals surface area contributed by atoms with Gasteiger partial charge in [-0.2, -0.15) is 0 Å². The van der Waals surface area contributed by atoms with Crippen LogP contribution in [0.5, 0.6) is 0 Å². The molecule has 1 atom stereocenters. The van der Waals surface area contributed by atoms with Crippen LogP contribution in [-0.4, -0.2) is 11.6 Å². The van der Waals surface area contributed by atoms with Crippen molar-refractivity contribution in [3.8, 4) is 0 Å². The molecule has 0 aliphatic carbocycles. The van der Waals surface area contributed by atoms with Crippen molar-refractivity contribution in [2.24, 2.45) is 11.3 Å². The fraction of sp³-hybridized carbons (Fsp3) is 0.818. The number of hydrogen-bond donors (Lipinski definition) is 0. The molecule has 1 unspecified atom stereocenters. The van der Waals surface area contributed by atoms with Crippen molar-refractivity contribution in [2.75, 3.05) is 0 Å². The Morgan fingerprint density at radius 3 is 1.92 bits per heavy atom. The molecule has 0 aliphatic heterocycles. The Balaban J connectivity index is 4.63. The van der Waals surface area contributed by atoms with Crippen LogP contribution in [0.2, 0.25) is 0 Å². The van der Waals surface area contributed by atoms with Crippen LogP contribution >= 0.6 is 0 Å². The van der Waals surface area contributed by atoms with Crippen LogP contribution in [0.4, 0.5) is 0 Å². The van der Waals surface area contributed by atoms with E-state index in [0.717, 1.165) is 6.42 Å². The van der Waals surface area contributed by atoms with Gasteiger partial charge >= 0.3 is 0 Å². The minimum absolute atomic E-state index is 0.00838. The molecule has 0 bridgehead atoms. The van der Waals surface area contributed by atoms with Gasteiger partial charge in [-0.05, 0) is 18.8 Å². The number of Topliss-reactive ketones (excluding diaryl/α,β-unsaturated/α-hetero) is 2. The molecule has 76 valence electrons. The topological polar surface area (TPSA) is 34.1 Å². The molecule has 0 aliphatic rings. The lowest BCUT2D eigenvalue weighted by atomic mass is 9.75. The summed E-state index contributed by atoms with van der Waals surface area (Å²) in [7, 11) is 0. The normalized spacial score (nSPS) is 13.9. The summed E-state index contributed by atoms with van der Waals surface area (Å²) in [6.07, 6.45) is 1.33. The molecule has 0 spiro atoms. The lowest BCUT2D eigenvalue weighted by Crippen LogP contribution is -2.34. The molecular weight excluding hydrogens is 164 g/mol. The fourth-order valence-electron chi connectivity index (χ4n) is 1.71. The molecule has 2 nitrogen and oxygen atoms in total. The predicted octanol–water partition coefficient (Wildman–Crippen LogP) is 2.61. The van der Waals surface area contributed by atoms with Gasteiger partial charge in [0.1, 0.15) is 11.6 Å². The van der Waals surface area contributed by atoms with E-state index < -0.39 is 5.92 Å². The molecule has 13 heavy (non-hydrogen) atoms. The second kappa shape index (κ2) is 4.54. The number of rotatable bonds is 4. The maximum atomic E-state index is 11.6. The van der Waals surface area contributed by atoms with Crippen molar-refractivity contribution < 1.29 is 9.59 Å². The summed E-state index contributed by atoms with van der Waals surface area (Å²) in [4.78, 5) is 22.9. The summed E-state index contributed by atoms with van der Waals surface area (Å²) in [6.45, 7) is 9.27. The third-order valence-electron chi connectivity index (χ3n) is 2.09. The highest BCUT2D eigenvalue weighted by molar-refractivity contribution is 6.02. The van der Waals surface area contributed by atoms with E-state index in [9.17, 15) is 9.59 Å². The van der Waals surface area contributed by atoms with Crippen LogP contribution in [0.15, 0.2) is 0 Å². The van der Waals surface area contributed by atoms with E-state index in [1.54, 1.807) is 0 Å².